The lowest BCUT2D eigenvalue weighted by Crippen LogP contribution is -2.31. The zero-order valence-corrected chi connectivity index (χ0v) is 14.8. The van der Waals surface area contributed by atoms with Crippen LogP contribution in [0.2, 0.25) is 0 Å². The number of rotatable bonds is 4. The molecule has 0 aromatic heterocycles. The minimum atomic E-state index is -3.86. The summed E-state index contributed by atoms with van der Waals surface area (Å²) in [6.07, 6.45) is 0. The van der Waals surface area contributed by atoms with E-state index < -0.39 is 13.1 Å². The van der Waals surface area contributed by atoms with Gasteiger partial charge in [-0.1, -0.05) is 26.0 Å². The maximum atomic E-state index is 12.9. The Hall–Kier alpha value is -2.01. The van der Waals surface area contributed by atoms with Crippen molar-refractivity contribution in [2.75, 3.05) is 13.2 Å². The smallest absolute Gasteiger partial charge is 0.401 e. The van der Waals surface area contributed by atoms with E-state index >= 15 is 0 Å². The Morgan fingerprint density at radius 3 is 2.36 bits per heavy atom. The van der Waals surface area contributed by atoms with Crippen LogP contribution in [0.25, 0.3) is 0 Å². The Balaban J connectivity index is 1.78. The molecule has 1 saturated heterocycles. The molecule has 2 aromatic carbocycles. The third-order valence-corrected chi connectivity index (χ3v) is 5.32. The Bertz CT molecular complexity index is 818. The molecule has 1 heterocycles. The summed E-state index contributed by atoms with van der Waals surface area (Å²) in [6, 6.07) is 11.7. The van der Waals surface area contributed by atoms with E-state index in [1.54, 1.807) is 12.1 Å². The Labute approximate surface area is 145 Å². The van der Waals surface area contributed by atoms with E-state index in [2.05, 4.69) is 0 Å². The third-order valence-electron chi connectivity index (χ3n) is 3.63. The highest BCUT2D eigenvalue weighted by atomic mass is 31.2. The van der Waals surface area contributed by atoms with Crippen LogP contribution in [-0.4, -0.2) is 18.7 Å². The van der Waals surface area contributed by atoms with Crippen LogP contribution in [0.15, 0.2) is 48.5 Å². The maximum Gasteiger partial charge on any atom is 0.401 e. The topological polar surface area (TPSA) is 61.8 Å². The summed E-state index contributed by atoms with van der Waals surface area (Å²) in [4.78, 5) is 12.6. The molecule has 2 aromatic rings. The van der Waals surface area contributed by atoms with Crippen molar-refractivity contribution in [1.82, 2.24) is 0 Å². The van der Waals surface area contributed by atoms with Crippen LogP contribution < -0.4 is 4.74 Å². The molecule has 7 heteroatoms. The van der Waals surface area contributed by atoms with E-state index in [4.69, 9.17) is 13.8 Å². The summed E-state index contributed by atoms with van der Waals surface area (Å²) in [6.45, 7) is 4.17. The van der Waals surface area contributed by atoms with Crippen molar-refractivity contribution in [2.45, 2.75) is 13.8 Å². The van der Waals surface area contributed by atoms with Crippen LogP contribution >= 0.6 is 7.60 Å². The molecular formula is C18H18FO5P. The molecular weight excluding hydrogens is 346 g/mol. The number of halogens is 1. The predicted octanol–water partition coefficient (Wildman–Crippen LogP) is 5.02. The van der Waals surface area contributed by atoms with Gasteiger partial charge in [0.25, 0.3) is 5.52 Å². The fraction of sp³-hybridized carbons (Fsp3) is 0.278. The Morgan fingerprint density at radius 1 is 1.08 bits per heavy atom. The van der Waals surface area contributed by atoms with Gasteiger partial charge in [0, 0.05) is 11.0 Å². The molecule has 132 valence electrons. The van der Waals surface area contributed by atoms with Crippen molar-refractivity contribution in [3.8, 4) is 11.5 Å². The lowest BCUT2D eigenvalue weighted by molar-refractivity contribution is 0.0390. The fourth-order valence-corrected chi connectivity index (χ4v) is 4.01. The molecule has 25 heavy (non-hydrogen) atoms. The number of carbonyl (C=O) groups is 1. The molecule has 0 bridgehead atoms. The van der Waals surface area contributed by atoms with Crippen molar-refractivity contribution < 1.29 is 27.5 Å². The summed E-state index contributed by atoms with van der Waals surface area (Å²) in [5.41, 5.74) is -0.822. The molecule has 0 saturated carbocycles. The summed E-state index contributed by atoms with van der Waals surface area (Å²) < 4.78 is 41.7. The molecule has 0 N–H and O–H groups in total. The minimum absolute atomic E-state index is 0.169. The fourth-order valence-electron chi connectivity index (χ4n) is 2.21. The second-order valence-corrected chi connectivity index (χ2v) is 8.52. The highest BCUT2D eigenvalue weighted by Crippen LogP contribution is 2.56. The minimum Gasteiger partial charge on any atom is -0.457 e. The molecule has 0 unspecified atom stereocenters. The zero-order chi connectivity index (χ0) is 18.1. The van der Waals surface area contributed by atoms with Crippen LogP contribution in [0.3, 0.4) is 0 Å². The molecule has 1 aliphatic heterocycles. The second-order valence-electron chi connectivity index (χ2n) is 6.60. The summed E-state index contributed by atoms with van der Waals surface area (Å²) in [5.74, 6) is 0.412. The van der Waals surface area contributed by atoms with Crippen molar-refractivity contribution >= 4 is 13.1 Å². The first-order chi connectivity index (χ1) is 11.8. The maximum absolute atomic E-state index is 12.9. The molecule has 0 aliphatic carbocycles. The summed E-state index contributed by atoms with van der Waals surface area (Å²) in [5, 5.41) is 0. The normalized spacial score (nSPS) is 18.5. The molecule has 0 radical (unpaired) electrons. The first-order valence-electron chi connectivity index (χ1n) is 7.75. The van der Waals surface area contributed by atoms with E-state index in [1.165, 1.54) is 36.4 Å². The predicted molar refractivity (Wildman–Crippen MR) is 90.5 cm³/mol. The van der Waals surface area contributed by atoms with Gasteiger partial charge in [-0.25, -0.2) is 4.39 Å². The number of hydrogen-bond acceptors (Lipinski definition) is 5. The van der Waals surface area contributed by atoms with E-state index in [9.17, 15) is 13.8 Å². The first-order valence-corrected chi connectivity index (χ1v) is 9.29. The average molecular weight is 364 g/mol. The van der Waals surface area contributed by atoms with E-state index in [1.807, 2.05) is 13.8 Å². The molecule has 1 fully saturated rings. The van der Waals surface area contributed by atoms with Gasteiger partial charge in [-0.05, 0) is 36.4 Å². The van der Waals surface area contributed by atoms with E-state index in [-0.39, 0.29) is 30.0 Å². The van der Waals surface area contributed by atoms with Crippen molar-refractivity contribution in [2.24, 2.45) is 5.41 Å². The second kappa shape index (κ2) is 6.71. The number of carbonyl (C=O) groups excluding carboxylic acids is 1. The van der Waals surface area contributed by atoms with Crippen molar-refractivity contribution in [1.29, 1.82) is 0 Å². The standard InChI is InChI=1S/C18H18FO5P/c1-18(2)11-22-25(21,23-12-18)17(20)13-4-3-5-16(10-13)24-15-8-6-14(19)7-9-15/h3-10H,11-12H2,1-2H3. The molecule has 5 nitrogen and oxygen atoms in total. The van der Waals surface area contributed by atoms with Gasteiger partial charge >= 0.3 is 7.60 Å². The average Bonchev–Trinajstić information content (AvgIpc) is 2.59. The Morgan fingerprint density at radius 2 is 1.72 bits per heavy atom. The molecule has 0 amide bonds. The van der Waals surface area contributed by atoms with Crippen LogP contribution in [0.4, 0.5) is 4.39 Å². The van der Waals surface area contributed by atoms with E-state index in [0.717, 1.165) is 0 Å². The van der Waals surface area contributed by atoms with Gasteiger partial charge in [-0.15, -0.1) is 0 Å². The number of ether oxygens (including phenoxy) is 1. The number of benzene rings is 2. The molecule has 1 aliphatic rings. The zero-order valence-electron chi connectivity index (χ0n) is 13.9. The van der Waals surface area contributed by atoms with Crippen LogP contribution in [0, 0.1) is 11.2 Å². The van der Waals surface area contributed by atoms with Gasteiger partial charge in [0.2, 0.25) is 0 Å². The van der Waals surface area contributed by atoms with Crippen molar-refractivity contribution in [3.05, 3.63) is 59.9 Å². The van der Waals surface area contributed by atoms with Gasteiger partial charge in [-0.3, -0.25) is 9.36 Å². The molecule has 0 atom stereocenters. The van der Waals surface area contributed by atoms with Crippen molar-refractivity contribution in [3.63, 3.8) is 0 Å². The largest absolute Gasteiger partial charge is 0.457 e. The highest BCUT2D eigenvalue weighted by Gasteiger charge is 2.43. The Kier molecular flexibility index (Phi) is 4.78. The quantitative estimate of drug-likeness (QED) is 0.713. The molecule has 3 rings (SSSR count). The first kappa shape index (κ1) is 17.8. The van der Waals surface area contributed by atoms with Gasteiger partial charge in [-0.2, -0.15) is 0 Å². The third kappa shape index (κ3) is 4.15. The van der Waals surface area contributed by atoms with Crippen LogP contribution in [-0.2, 0) is 13.6 Å². The van der Waals surface area contributed by atoms with Crippen LogP contribution in [0.1, 0.15) is 24.2 Å². The SMILES string of the molecule is CC1(C)COP(=O)(C(=O)c2cccc(Oc3ccc(F)cc3)c2)OC1. The van der Waals surface area contributed by atoms with Gasteiger partial charge in [0.05, 0.1) is 13.2 Å². The lowest BCUT2D eigenvalue weighted by Gasteiger charge is -2.33. The van der Waals surface area contributed by atoms with Crippen LogP contribution in [0.5, 0.6) is 11.5 Å². The lowest BCUT2D eigenvalue weighted by atomic mass is 9.97. The summed E-state index contributed by atoms with van der Waals surface area (Å²) in [7, 11) is -3.86. The van der Waals surface area contributed by atoms with E-state index in [0.29, 0.717) is 11.5 Å². The monoisotopic (exact) mass is 364 g/mol. The highest BCUT2D eigenvalue weighted by molar-refractivity contribution is 7.72. The van der Waals surface area contributed by atoms with Gasteiger partial charge in [0.1, 0.15) is 17.3 Å². The summed E-state index contributed by atoms with van der Waals surface area (Å²) >= 11 is 0. The van der Waals surface area contributed by atoms with Gasteiger partial charge in [0.15, 0.2) is 0 Å². The van der Waals surface area contributed by atoms with Gasteiger partial charge < -0.3 is 13.8 Å². The molecule has 0 spiro atoms. The number of hydrogen-bond donors (Lipinski definition) is 0.